The van der Waals surface area contributed by atoms with Crippen LogP contribution in [0.2, 0.25) is 10.0 Å². The van der Waals surface area contributed by atoms with Gasteiger partial charge in [-0.1, -0.05) is 35.3 Å². The number of nitrogens with zero attached hydrogens (tertiary/aromatic N) is 2. The Labute approximate surface area is 185 Å². The second kappa shape index (κ2) is 8.99. The van der Waals surface area contributed by atoms with Crippen LogP contribution in [0.5, 0.6) is 0 Å². The first-order valence-electron chi connectivity index (χ1n) is 9.76. The van der Waals surface area contributed by atoms with Crippen molar-refractivity contribution in [1.82, 2.24) is 9.80 Å². The molecule has 0 bridgehead atoms. The molecule has 1 aliphatic heterocycles. The second-order valence-corrected chi connectivity index (χ2v) is 9.32. The average Bonchev–Trinajstić information content (AvgIpc) is 3.59. The zero-order chi connectivity index (χ0) is 20.4. The molecule has 2 aliphatic rings. The molecule has 0 spiro atoms. The van der Waals surface area contributed by atoms with Gasteiger partial charge in [0.25, 0.3) is 5.91 Å². The summed E-state index contributed by atoms with van der Waals surface area (Å²) in [4.78, 5) is 29.8. The van der Waals surface area contributed by atoms with E-state index >= 15 is 0 Å². The second-order valence-electron chi connectivity index (χ2n) is 7.46. The van der Waals surface area contributed by atoms with Crippen LogP contribution < -0.4 is 0 Å². The quantitative estimate of drug-likeness (QED) is 0.605. The molecule has 0 radical (unpaired) electrons. The van der Waals surface area contributed by atoms with Crippen molar-refractivity contribution in [3.63, 3.8) is 0 Å². The Morgan fingerprint density at radius 3 is 2.41 bits per heavy atom. The highest BCUT2D eigenvalue weighted by Crippen LogP contribution is 2.33. The predicted octanol–water partition coefficient (Wildman–Crippen LogP) is 4.98. The van der Waals surface area contributed by atoms with Crippen LogP contribution in [-0.4, -0.2) is 47.8 Å². The molecule has 152 valence electrons. The van der Waals surface area contributed by atoms with Crippen molar-refractivity contribution in [2.75, 3.05) is 26.2 Å². The van der Waals surface area contributed by atoms with Gasteiger partial charge in [0, 0.05) is 53.3 Å². The fourth-order valence-corrected chi connectivity index (χ4v) is 4.88. The first-order chi connectivity index (χ1) is 14.0. The van der Waals surface area contributed by atoms with E-state index in [-0.39, 0.29) is 17.7 Å². The molecule has 1 saturated carbocycles. The van der Waals surface area contributed by atoms with Crippen molar-refractivity contribution in [3.05, 3.63) is 63.6 Å². The van der Waals surface area contributed by atoms with Crippen LogP contribution in [0.3, 0.4) is 0 Å². The molecule has 7 heteroatoms. The van der Waals surface area contributed by atoms with Gasteiger partial charge in [-0.25, -0.2) is 0 Å². The van der Waals surface area contributed by atoms with Gasteiger partial charge in [-0.15, -0.1) is 11.8 Å². The summed E-state index contributed by atoms with van der Waals surface area (Å²) in [6, 6.07) is 13.1. The molecule has 4 nitrogen and oxygen atoms in total. The number of halogens is 2. The van der Waals surface area contributed by atoms with Crippen molar-refractivity contribution in [1.29, 1.82) is 0 Å². The molecule has 2 fully saturated rings. The number of carbonyl (C=O) groups is 2. The summed E-state index contributed by atoms with van der Waals surface area (Å²) >= 11 is 13.9. The van der Waals surface area contributed by atoms with E-state index in [4.69, 9.17) is 23.2 Å². The first-order valence-corrected chi connectivity index (χ1v) is 11.5. The van der Waals surface area contributed by atoms with Crippen LogP contribution in [0, 0.1) is 5.92 Å². The van der Waals surface area contributed by atoms with E-state index in [1.807, 2.05) is 40.1 Å². The molecule has 0 atom stereocenters. The summed E-state index contributed by atoms with van der Waals surface area (Å²) in [6.45, 7) is 2.44. The van der Waals surface area contributed by atoms with Crippen molar-refractivity contribution in [2.24, 2.45) is 5.92 Å². The number of amides is 2. The SMILES string of the molecule is O=C(c1cccc(CSc2cc(Cl)ccc2Cl)c1)N1CCN(C(=O)C2CC2)CC1. The lowest BCUT2D eigenvalue weighted by Crippen LogP contribution is -2.51. The van der Waals surface area contributed by atoms with Crippen molar-refractivity contribution < 1.29 is 9.59 Å². The summed E-state index contributed by atoms with van der Waals surface area (Å²) in [5.74, 6) is 1.22. The van der Waals surface area contributed by atoms with E-state index in [9.17, 15) is 9.59 Å². The van der Waals surface area contributed by atoms with Crippen LogP contribution in [0.25, 0.3) is 0 Å². The number of rotatable bonds is 5. The summed E-state index contributed by atoms with van der Waals surface area (Å²) < 4.78 is 0. The highest BCUT2D eigenvalue weighted by atomic mass is 35.5. The molecular formula is C22H22Cl2N2O2S. The number of hydrogen-bond donors (Lipinski definition) is 0. The van der Waals surface area contributed by atoms with E-state index in [0.29, 0.717) is 47.5 Å². The molecule has 4 rings (SSSR count). The maximum atomic E-state index is 12.9. The molecule has 1 saturated heterocycles. The number of benzene rings is 2. The van der Waals surface area contributed by atoms with Crippen LogP contribution in [0.4, 0.5) is 0 Å². The average molecular weight is 449 g/mol. The van der Waals surface area contributed by atoms with Gasteiger partial charge in [-0.3, -0.25) is 9.59 Å². The molecule has 2 amide bonds. The largest absolute Gasteiger partial charge is 0.339 e. The zero-order valence-corrected chi connectivity index (χ0v) is 18.3. The molecule has 2 aromatic rings. The minimum Gasteiger partial charge on any atom is -0.339 e. The van der Waals surface area contributed by atoms with Gasteiger partial charge < -0.3 is 9.80 Å². The zero-order valence-electron chi connectivity index (χ0n) is 15.9. The Morgan fingerprint density at radius 1 is 0.966 bits per heavy atom. The van der Waals surface area contributed by atoms with E-state index < -0.39 is 0 Å². The van der Waals surface area contributed by atoms with E-state index in [1.54, 1.807) is 23.9 Å². The van der Waals surface area contributed by atoms with Gasteiger partial charge in [-0.05, 0) is 48.7 Å². The summed E-state index contributed by atoms with van der Waals surface area (Å²) in [7, 11) is 0. The van der Waals surface area contributed by atoms with Gasteiger partial charge in [0.2, 0.25) is 5.91 Å². The Kier molecular flexibility index (Phi) is 6.38. The van der Waals surface area contributed by atoms with Crippen LogP contribution in [-0.2, 0) is 10.5 Å². The first kappa shape index (κ1) is 20.6. The molecule has 29 heavy (non-hydrogen) atoms. The Morgan fingerprint density at radius 2 is 1.69 bits per heavy atom. The molecule has 0 N–H and O–H groups in total. The summed E-state index contributed by atoms with van der Waals surface area (Å²) in [6.07, 6.45) is 2.03. The lowest BCUT2D eigenvalue weighted by molar-refractivity contribution is -0.134. The van der Waals surface area contributed by atoms with E-state index in [1.165, 1.54) is 0 Å². The molecule has 1 heterocycles. The topological polar surface area (TPSA) is 40.6 Å². The monoisotopic (exact) mass is 448 g/mol. The molecule has 0 aromatic heterocycles. The molecule has 2 aromatic carbocycles. The van der Waals surface area contributed by atoms with Crippen molar-refractivity contribution in [2.45, 2.75) is 23.5 Å². The smallest absolute Gasteiger partial charge is 0.253 e. The Balaban J connectivity index is 1.36. The summed E-state index contributed by atoms with van der Waals surface area (Å²) in [5, 5.41) is 1.32. The fraction of sp³-hybridized carbons (Fsp3) is 0.364. The van der Waals surface area contributed by atoms with E-state index in [0.717, 1.165) is 23.3 Å². The maximum Gasteiger partial charge on any atom is 0.253 e. The lowest BCUT2D eigenvalue weighted by Gasteiger charge is -2.35. The van der Waals surface area contributed by atoms with Gasteiger partial charge >= 0.3 is 0 Å². The lowest BCUT2D eigenvalue weighted by atomic mass is 10.1. The van der Waals surface area contributed by atoms with Crippen molar-refractivity contribution in [3.8, 4) is 0 Å². The van der Waals surface area contributed by atoms with E-state index in [2.05, 4.69) is 0 Å². The van der Waals surface area contributed by atoms with Crippen LogP contribution in [0.1, 0.15) is 28.8 Å². The van der Waals surface area contributed by atoms with Crippen molar-refractivity contribution >= 4 is 46.8 Å². The Bertz CT molecular complexity index is 925. The Hall–Kier alpha value is -1.69. The van der Waals surface area contributed by atoms with Gasteiger partial charge in [0.05, 0.1) is 5.02 Å². The van der Waals surface area contributed by atoms with Gasteiger partial charge in [0.15, 0.2) is 0 Å². The molecule has 0 unspecified atom stereocenters. The maximum absolute atomic E-state index is 12.9. The third kappa shape index (κ3) is 5.08. The number of carbonyl (C=O) groups excluding carboxylic acids is 2. The number of hydrogen-bond acceptors (Lipinski definition) is 3. The van der Waals surface area contributed by atoms with Crippen LogP contribution >= 0.6 is 35.0 Å². The standard InChI is InChI=1S/C22H22Cl2N2O2S/c23-18-6-7-19(24)20(13-18)29-14-15-2-1-3-17(12-15)22(28)26-10-8-25(9-11-26)21(27)16-4-5-16/h1-3,6-7,12-13,16H,4-5,8-11,14H2. The molecular weight excluding hydrogens is 427 g/mol. The minimum absolute atomic E-state index is 0.0242. The highest BCUT2D eigenvalue weighted by molar-refractivity contribution is 7.98. The highest BCUT2D eigenvalue weighted by Gasteiger charge is 2.35. The minimum atomic E-state index is 0.0242. The number of piperazine rings is 1. The van der Waals surface area contributed by atoms with Crippen LogP contribution in [0.15, 0.2) is 47.4 Å². The third-order valence-electron chi connectivity index (χ3n) is 5.27. The third-order valence-corrected chi connectivity index (χ3v) is 7.07. The van der Waals surface area contributed by atoms with Gasteiger partial charge in [0.1, 0.15) is 0 Å². The fourth-order valence-electron chi connectivity index (χ4n) is 3.44. The number of thioether (sulfide) groups is 1. The van der Waals surface area contributed by atoms with Gasteiger partial charge in [-0.2, -0.15) is 0 Å². The molecule has 1 aliphatic carbocycles. The predicted molar refractivity (Wildman–Crippen MR) is 118 cm³/mol. The summed E-state index contributed by atoms with van der Waals surface area (Å²) in [5.41, 5.74) is 1.74. The normalized spacial score (nSPS) is 16.8.